The van der Waals surface area contributed by atoms with Crippen LogP contribution >= 0.6 is 28.3 Å². The van der Waals surface area contributed by atoms with Crippen molar-refractivity contribution in [2.45, 2.75) is 37.6 Å². The van der Waals surface area contributed by atoms with Crippen LogP contribution in [0.2, 0.25) is 0 Å². The number of nitrogens with zero attached hydrogens (tertiary/aromatic N) is 1. The fraction of sp³-hybridized carbons (Fsp3) is 0.571. The van der Waals surface area contributed by atoms with Crippen molar-refractivity contribution in [3.05, 3.63) is 27.7 Å². The molecule has 0 aromatic heterocycles. The highest BCUT2D eigenvalue weighted by molar-refractivity contribution is 9.10. The fourth-order valence-corrected chi connectivity index (χ4v) is 4.78. The first-order valence-electron chi connectivity index (χ1n) is 6.80. The molecule has 1 aliphatic heterocycles. The van der Waals surface area contributed by atoms with Gasteiger partial charge in [0.25, 0.3) is 0 Å². The summed E-state index contributed by atoms with van der Waals surface area (Å²) < 4.78 is 28.1. The van der Waals surface area contributed by atoms with Crippen molar-refractivity contribution in [3.63, 3.8) is 0 Å². The molecule has 1 N–H and O–H groups in total. The molecule has 1 aromatic carbocycles. The average Bonchev–Trinajstić information content (AvgIpc) is 2.42. The van der Waals surface area contributed by atoms with Gasteiger partial charge in [-0.1, -0.05) is 15.9 Å². The quantitative estimate of drug-likeness (QED) is 0.853. The monoisotopic (exact) mass is 396 g/mol. The molecule has 21 heavy (non-hydrogen) atoms. The van der Waals surface area contributed by atoms with E-state index in [1.807, 2.05) is 27.0 Å². The first kappa shape index (κ1) is 18.9. The zero-order chi connectivity index (χ0) is 14.9. The van der Waals surface area contributed by atoms with E-state index in [1.165, 1.54) is 0 Å². The highest BCUT2D eigenvalue weighted by Crippen LogP contribution is 2.28. The third kappa shape index (κ3) is 3.99. The molecule has 0 aliphatic carbocycles. The smallest absolute Gasteiger partial charge is 0.243 e. The molecule has 0 atom stereocenters. The van der Waals surface area contributed by atoms with Crippen molar-refractivity contribution in [1.82, 2.24) is 9.62 Å². The molecule has 1 fully saturated rings. The number of sulfonamides is 1. The molecule has 0 bridgehead atoms. The summed E-state index contributed by atoms with van der Waals surface area (Å²) in [6.45, 7) is 4.93. The molecule has 0 saturated carbocycles. The zero-order valence-corrected chi connectivity index (χ0v) is 15.7. The van der Waals surface area contributed by atoms with Crippen LogP contribution in [0.25, 0.3) is 0 Å². The maximum absolute atomic E-state index is 12.8. The number of hydrogen-bond donors (Lipinski definition) is 1. The molecular weight excluding hydrogens is 376 g/mol. The van der Waals surface area contributed by atoms with Crippen molar-refractivity contribution < 1.29 is 8.42 Å². The molecule has 0 spiro atoms. The Morgan fingerprint density at radius 2 is 1.76 bits per heavy atom. The van der Waals surface area contributed by atoms with Crippen LogP contribution in [0.3, 0.4) is 0 Å². The summed E-state index contributed by atoms with van der Waals surface area (Å²) in [5.41, 5.74) is 1.73. The molecule has 7 heteroatoms. The molecule has 120 valence electrons. The van der Waals surface area contributed by atoms with Crippen molar-refractivity contribution in [1.29, 1.82) is 0 Å². The summed E-state index contributed by atoms with van der Waals surface area (Å²) >= 11 is 3.44. The second-order valence-corrected chi connectivity index (χ2v) is 8.09. The number of benzene rings is 1. The van der Waals surface area contributed by atoms with Crippen LogP contribution in [0, 0.1) is 13.8 Å². The molecule has 2 rings (SSSR count). The molecular formula is C14H22BrClN2O2S. The Labute approximate surface area is 141 Å². The Morgan fingerprint density at radius 3 is 2.29 bits per heavy atom. The topological polar surface area (TPSA) is 49.4 Å². The van der Waals surface area contributed by atoms with Crippen LogP contribution in [0.5, 0.6) is 0 Å². The lowest BCUT2D eigenvalue weighted by molar-refractivity contribution is 0.298. The van der Waals surface area contributed by atoms with Crippen LogP contribution in [-0.2, 0) is 10.0 Å². The fourth-order valence-electron chi connectivity index (χ4n) is 2.56. The van der Waals surface area contributed by atoms with E-state index in [1.54, 1.807) is 10.4 Å². The van der Waals surface area contributed by atoms with Gasteiger partial charge in [-0.05, 0) is 57.0 Å². The summed E-state index contributed by atoms with van der Waals surface area (Å²) in [5.74, 6) is 0. The van der Waals surface area contributed by atoms with Gasteiger partial charge in [0.1, 0.15) is 0 Å². The average molecular weight is 398 g/mol. The van der Waals surface area contributed by atoms with E-state index in [-0.39, 0.29) is 12.4 Å². The lowest BCUT2D eigenvalue weighted by Crippen LogP contribution is -2.44. The van der Waals surface area contributed by atoms with Crippen LogP contribution < -0.4 is 5.32 Å². The predicted molar refractivity (Wildman–Crippen MR) is 91.7 cm³/mol. The summed E-state index contributed by atoms with van der Waals surface area (Å²) in [5, 5.41) is 3.22. The molecule has 1 aromatic rings. The van der Waals surface area contributed by atoms with E-state index < -0.39 is 10.0 Å². The Hall–Kier alpha value is -0.140. The third-order valence-electron chi connectivity index (χ3n) is 3.94. The first-order chi connectivity index (χ1) is 9.36. The van der Waals surface area contributed by atoms with E-state index in [0.29, 0.717) is 24.0 Å². The van der Waals surface area contributed by atoms with E-state index in [4.69, 9.17) is 0 Å². The molecule has 0 radical (unpaired) electrons. The minimum atomic E-state index is -3.38. The minimum Gasteiger partial charge on any atom is -0.317 e. The van der Waals surface area contributed by atoms with Crippen molar-refractivity contribution >= 4 is 38.4 Å². The van der Waals surface area contributed by atoms with Crippen LogP contribution in [-0.4, -0.2) is 38.9 Å². The lowest BCUT2D eigenvalue weighted by atomic mass is 10.1. The van der Waals surface area contributed by atoms with E-state index >= 15 is 0 Å². The van der Waals surface area contributed by atoms with Crippen LogP contribution in [0.4, 0.5) is 0 Å². The summed E-state index contributed by atoms with van der Waals surface area (Å²) in [6, 6.07) is 4.07. The van der Waals surface area contributed by atoms with Gasteiger partial charge in [-0.15, -0.1) is 12.4 Å². The first-order valence-corrected chi connectivity index (χ1v) is 9.03. The predicted octanol–water partition coefficient (Wildman–Crippen LogP) is 2.86. The van der Waals surface area contributed by atoms with Gasteiger partial charge in [-0.2, -0.15) is 4.31 Å². The van der Waals surface area contributed by atoms with Gasteiger partial charge in [0.2, 0.25) is 10.0 Å². The summed E-state index contributed by atoms with van der Waals surface area (Å²) in [7, 11) is -1.45. The maximum atomic E-state index is 12.8. The summed E-state index contributed by atoms with van der Waals surface area (Å²) in [6.07, 6.45) is 1.73. The standard InChI is InChI=1S/C14H21BrN2O2S.ClH/c1-10-9-14(11(2)8-13(10)15)20(18,19)17-6-4-12(16-3)5-7-17;/h8-9,12,16H,4-7H2,1-3H3;1H. The number of nitrogens with one attached hydrogen (secondary N) is 1. The Kier molecular flexibility index (Phi) is 6.68. The van der Waals surface area contributed by atoms with Gasteiger partial charge in [-0.25, -0.2) is 8.42 Å². The SMILES string of the molecule is CNC1CCN(S(=O)(=O)c2cc(C)c(Br)cc2C)CC1.Cl. The highest BCUT2D eigenvalue weighted by Gasteiger charge is 2.30. The molecule has 1 saturated heterocycles. The normalized spacial score (nSPS) is 17.5. The Balaban J connectivity index is 0.00000220. The molecule has 0 amide bonds. The van der Waals surface area contributed by atoms with Gasteiger partial charge in [0.15, 0.2) is 0 Å². The Morgan fingerprint density at radius 1 is 1.19 bits per heavy atom. The zero-order valence-electron chi connectivity index (χ0n) is 12.5. The number of aryl methyl sites for hydroxylation is 2. The largest absolute Gasteiger partial charge is 0.317 e. The lowest BCUT2D eigenvalue weighted by Gasteiger charge is -2.31. The molecule has 1 aliphatic rings. The van der Waals surface area contributed by atoms with Crippen LogP contribution in [0.15, 0.2) is 21.5 Å². The van der Waals surface area contributed by atoms with Gasteiger partial charge >= 0.3 is 0 Å². The van der Waals surface area contributed by atoms with E-state index in [0.717, 1.165) is 28.4 Å². The second-order valence-electron chi connectivity index (χ2n) is 5.33. The molecule has 4 nitrogen and oxygen atoms in total. The van der Waals surface area contributed by atoms with E-state index in [2.05, 4.69) is 21.2 Å². The van der Waals surface area contributed by atoms with Crippen molar-refractivity contribution in [2.24, 2.45) is 0 Å². The van der Waals surface area contributed by atoms with Crippen LogP contribution in [0.1, 0.15) is 24.0 Å². The minimum absolute atomic E-state index is 0. The van der Waals surface area contributed by atoms with Crippen molar-refractivity contribution in [3.8, 4) is 0 Å². The number of piperidine rings is 1. The third-order valence-corrected chi connectivity index (χ3v) is 6.83. The van der Waals surface area contributed by atoms with Crippen molar-refractivity contribution in [2.75, 3.05) is 20.1 Å². The number of hydrogen-bond acceptors (Lipinski definition) is 3. The highest BCUT2D eigenvalue weighted by atomic mass is 79.9. The molecule has 0 unspecified atom stereocenters. The Bertz CT molecular complexity index is 599. The summed E-state index contributed by atoms with van der Waals surface area (Å²) in [4.78, 5) is 0.432. The van der Waals surface area contributed by atoms with Gasteiger partial charge < -0.3 is 5.32 Å². The second kappa shape index (κ2) is 7.42. The van der Waals surface area contributed by atoms with Gasteiger partial charge in [-0.3, -0.25) is 0 Å². The van der Waals surface area contributed by atoms with Gasteiger partial charge in [0.05, 0.1) is 4.90 Å². The number of rotatable bonds is 3. The molecule has 1 heterocycles. The maximum Gasteiger partial charge on any atom is 0.243 e. The van der Waals surface area contributed by atoms with E-state index in [9.17, 15) is 8.42 Å². The van der Waals surface area contributed by atoms with Gasteiger partial charge in [0, 0.05) is 23.6 Å². The number of halogens is 2.